The molecule has 0 fully saturated rings. The van der Waals surface area contributed by atoms with E-state index in [1.807, 2.05) is 63.2 Å². The van der Waals surface area contributed by atoms with Gasteiger partial charge in [-0.1, -0.05) is 18.2 Å². The molecule has 4 nitrogen and oxygen atoms in total. The molecule has 4 heteroatoms. The van der Waals surface area contributed by atoms with Gasteiger partial charge in [0, 0.05) is 5.56 Å². The topological polar surface area (TPSA) is 50.7 Å². The molecule has 0 aliphatic carbocycles. The van der Waals surface area contributed by atoms with Crippen LogP contribution >= 0.6 is 0 Å². The summed E-state index contributed by atoms with van der Waals surface area (Å²) >= 11 is 0. The van der Waals surface area contributed by atoms with E-state index in [0.29, 0.717) is 12.2 Å². The van der Waals surface area contributed by atoms with Crippen molar-refractivity contribution in [1.82, 2.24) is 5.43 Å². The van der Waals surface area contributed by atoms with E-state index in [9.17, 15) is 4.79 Å². The highest BCUT2D eigenvalue weighted by Gasteiger charge is 2.07. The van der Waals surface area contributed by atoms with Crippen LogP contribution in [0.15, 0.2) is 53.6 Å². The first-order valence-electron chi connectivity index (χ1n) is 7.25. The third-order valence-electron chi connectivity index (χ3n) is 3.30. The summed E-state index contributed by atoms with van der Waals surface area (Å²) < 4.78 is 5.40. The fraction of sp³-hybridized carbons (Fsp3) is 0.222. The third-order valence-corrected chi connectivity index (χ3v) is 3.30. The predicted molar refractivity (Wildman–Crippen MR) is 88.5 cm³/mol. The van der Waals surface area contributed by atoms with E-state index in [1.54, 1.807) is 6.07 Å². The summed E-state index contributed by atoms with van der Waals surface area (Å²) in [5.74, 6) is 0.617. The van der Waals surface area contributed by atoms with Gasteiger partial charge in [-0.2, -0.15) is 5.10 Å². The van der Waals surface area contributed by atoms with E-state index in [2.05, 4.69) is 10.5 Å². The number of aryl methyl sites for hydroxylation is 1. The van der Waals surface area contributed by atoms with Crippen LogP contribution in [0.25, 0.3) is 0 Å². The van der Waals surface area contributed by atoms with E-state index in [-0.39, 0.29) is 5.91 Å². The van der Waals surface area contributed by atoms with Crippen LogP contribution in [0, 0.1) is 6.92 Å². The molecule has 0 atom stereocenters. The van der Waals surface area contributed by atoms with Gasteiger partial charge in [0.2, 0.25) is 0 Å². The summed E-state index contributed by atoms with van der Waals surface area (Å²) in [5.41, 5.74) is 5.83. The minimum atomic E-state index is -0.205. The van der Waals surface area contributed by atoms with Crippen LogP contribution < -0.4 is 10.2 Å². The molecule has 0 aromatic heterocycles. The van der Waals surface area contributed by atoms with Crippen LogP contribution in [0.2, 0.25) is 0 Å². The lowest BCUT2D eigenvalue weighted by molar-refractivity contribution is 0.0954. The van der Waals surface area contributed by atoms with Crippen LogP contribution in [0.1, 0.15) is 35.3 Å². The number of hydrogen-bond acceptors (Lipinski definition) is 3. The average Bonchev–Trinajstić information content (AvgIpc) is 2.54. The second-order valence-corrected chi connectivity index (χ2v) is 4.91. The van der Waals surface area contributed by atoms with Crippen molar-refractivity contribution in [1.29, 1.82) is 0 Å². The van der Waals surface area contributed by atoms with E-state index in [1.165, 1.54) is 0 Å². The van der Waals surface area contributed by atoms with Crippen molar-refractivity contribution in [3.63, 3.8) is 0 Å². The van der Waals surface area contributed by atoms with Crippen LogP contribution in [0.3, 0.4) is 0 Å². The molecule has 0 bridgehead atoms. The summed E-state index contributed by atoms with van der Waals surface area (Å²) in [6, 6.07) is 15.0. The molecule has 1 amide bonds. The lowest BCUT2D eigenvalue weighted by atomic mass is 10.1. The molecule has 22 heavy (non-hydrogen) atoms. The zero-order valence-electron chi connectivity index (χ0n) is 13.1. The first-order valence-corrected chi connectivity index (χ1v) is 7.25. The first kappa shape index (κ1) is 15.8. The molecule has 0 unspecified atom stereocenters. The van der Waals surface area contributed by atoms with Crippen LogP contribution in [-0.4, -0.2) is 18.2 Å². The molecular formula is C18H20N2O2. The molecular weight excluding hydrogens is 276 g/mol. The van der Waals surface area contributed by atoms with Gasteiger partial charge in [0.25, 0.3) is 5.91 Å². The van der Waals surface area contributed by atoms with Gasteiger partial charge in [0.05, 0.1) is 12.3 Å². The first-order chi connectivity index (χ1) is 10.6. The van der Waals surface area contributed by atoms with Gasteiger partial charge in [0.1, 0.15) is 5.75 Å². The highest BCUT2D eigenvalue weighted by atomic mass is 16.5. The normalized spacial score (nSPS) is 11.1. The van der Waals surface area contributed by atoms with Gasteiger partial charge in [-0.05, 0) is 62.2 Å². The molecule has 0 radical (unpaired) electrons. The molecule has 0 saturated carbocycles. The predicted octanol–water partition coefficient (Wildman–Crippen LogP) is 3.55. The lowest BCUT2D eigenvalue weighted by Gasteiger charge is -2.06. The van der Waals surface area contributed by atoms with Crippen LogP contribution in [0.5, 0.6) is 5.75 Å². The Morgan fingerprint density at radius 2 is 1.82 bits per heavy atom. The molecule has 0 saturated heterocycles. The number of hydrazone groups is 1. The molecule has 2 aromatic carbocycles. The van der Waals surface area contributed by atoms with Gasteiger partial charge >= 0.3 is 0 Å². The van der Waals surface area contributed by atoms with Crippen molar-refractivity contribution in [2.45, 2.75) is 20.8 Å². The van der Waals surface area contributed by atoms with E-state index in [4.69, 9.17) is 4.74 Å². The second-order valence-electron chi connectivity index (χ2n) is 4.91. The zero-order valence-corrected chi connectivity index (χ0v) is 13.1. The van der Waals surface area contributed by atoms with E-state index < -0.39 is 0 Å². The molecule has 2 rings (SSSR count). The molecule has 0 heterocycles. The van der Waals surface area contributed by atoms with Gasteiger partial charge in [0.15, 0.2) is 0 Å². The summed E-state index contributed by atoms with van der Waals surface area (Å²) in [6.07, 6.45) is 0. The van der Waals surface area contributed by atoms with Crippen molar-refractivity contribution >= 4 is 11.6 Å². The van der Waals surface area contributed by atoms with Crippen molar-refractivity contribution in [3.8, 4) is 5.75 Å². The minimum absolute atomic E-state index is 0.205. The molecule has 0 spiro atoms. The number of benzene rings is 2. The highest BCUT2D eigenvalue weighted by Crippen LogP contribution is 2.13. The van der Waals surface area contributed by atoms with Crippen LogP contribution in [0.4, 0.5) is 0 Å². The lowest BCUT2D eigenvalue weighted by Crippen LogP contribution is -2.20. The standard InChI is InChI=1S/C18H20N2O2/c1-4-22-16-11-9-15(10-12-16)14(3)19-20-18(21)17-8-6-5-7-13(17)2/h5-12H,4H2,1-3H3,(H,20,21). The number of carbonyl (C=O) groups is 1. The maximum absolute atomic E-state index is 12.1. The maximum Gasteiger partial charge on any atom is 0.271 e. The van der Waals surface area contributed by atoms with Gasteiger partial charge in [-0.3, -0.25) is 4.79 Å². The second kappa shape index (κ2) is 7.41. The monoisotopic (exact) mass is 296 g/mol. The molecule has 0 aliphatic rings. The Balaban J connectivity index is 2.06. The van der Waals surface area contributed by atoms with Crippen molar-refractivity contribution in [3.05, 3.63) is 65.2 Å². The Kier molecular flexibility index (Phi) is 5.31. The quantitative estimate of drug-likeness (QED) is 0.677. The van der Waals surface area contributed by atoms with Crippen molar-refractivity contribution in [2.24, 2.45) is 5.10 Å². The van der Waals surface area contributed by atoms with Gasteiger partial charge in [-0.15, -0.1) is 0 Å². The maximum atomic E-state index is 12.1. The Morgan fingerprint density at radius 1 is 1.14 bits per heavy atom. The minimum Gasteiger partial charge on any atom is -0.494 e. The smallest absolute Gasteiger partial charge is 0.271 e. The largest absolute Gasteiger partial charge is 0.494 e. The number of carbonyl (C=O) groups excluding carboxylic acids is 1. The molecule has 1 N–H and O–H groups in total. The van der Waals surface area contributed by atoms with Gasteiger partial charge in [-0.25, -0.2) is 5.43 Å². The van der Waals surface area contributed by atoms with E-state index >= 15 is 0 Å². The Bertz CT molecular complexity index is 676. The van der Waals surface area contributed by atoms with Crippen molar-refractivity contribution in [2.75, 3.05) is 6.61 Å². The Labute approximate surface area is 130 Å². The summed E-state index contributed by atoms with van der Waals surface area (Å²) in [7, 11) is 0. The zero-order chi connectivity index (χ0) is 15.9. The van der Waals surface area contributed by atoms with E-state index in [0.717, 1.165) is 22.6 Å². The summed E-state index contributed by atoms with van der Waals surface area (Å²) in [6.45, 7) is 6.34. The number of amides is 1. The highest BCUT2D eigenvalue weighted by molar-refractivity contribution is 6.01. The van der Waals surface area contributed by atoms with Crippen LogP contribution in [-0.2, 0) is 0 Å². The molecule has 0 aliphatic heterocycles. The number of hydrogen-bond donors (Lipinski definition) is 1. The average molecular weight is 296 g/mol. The Hall–Kier alpha value is -2.62. The van der Waals surface area contributed by atoms with Crippen molar-refractivity contribution < 1.29 is 9.53 Å². The number of rotatable bonds is 5. The number of nitrogens with zero attached hydrogens (tertiary/aromatic N) is 1. The Morgan fingerprint density at radius 3 is 2.45 bits per heavy atom. The number of nitrogens with one attached hydrogen (secondary N) is 1. The summed E-state index contributed by atoms with van der Waals surface area (Å²) in [4.78, 5) is 12.1. The number of ether oxygens (including phenoxy) is 1. The van der Waals surface area contributed by atoms with Gasteiger partial charge < -0.3 is 4.74 Å². The molecule has 114 valence electrons. The third kappa shape index (κ3) is 3.95. The fourth-order valence-electron chi connectivity index (χ4n) is 2.05. The molecule has 2 aromatic rings. The summed E-state index contributed by atoms with van der Waals surface area (Å²) in [5, 5.41) is 4.16. The SMILES string of the molecule is CCOc1ccc(C(C)=NNC(=O)c2ccccc2C)cc1. The fourth-order valence-corrected chi connectivity index (χ4v) is 2.05.